The number of amides is 1. The van der Waals surface area contributed by atoms with Gasteiger partial charge in [-0.25, -0.2) is 0 Å². The lowest BCUT2D eigenvalue weighted by Gasteiger charge is -2.26. The van der Waals surface area contributed by atoms with Crippen molar-refractivity contribution in [2.75, 3.05) is 30.5 Å². The summed E-state index contributed by atoms with van der Waals surface area (Å²) in [5, 5.41) is 22.5. The van der Waals surface area contributed by atoms with Gasteiger partial charge in [-0.05, 0) is 48.9 Å². The fourth-order valence-corrected chi connectivity index (χ4v) is 4.19. The first-order valence-corrected chi connectivity index (χ1v) is 11.3. The Bertz CT molecular complexity index is 1360. The molecule has 1 amide bonds. The number of nitro groups is 1. The maximum Gasteiger partial charge on any atom is 0.300 e. The molecule has 1 saturated heterocycles. The average molecular weight is 488 g/mol. The van der Waals surface area contributed by atoms with E-state index in [4.69, 9.17) is 4.74 Å². The molecule has 1 atom stereocenters. The minimum Gasteiger partial charge on any atom is -0.507 e. The van der Waals surface area contributed by atoms with Crippen LogP contribution >= 0.6 is 0 Å². The smallest absolute Gasteiger partial charge is 0.300 e. The average Bonchev–Trinajstić information content (AvgIpc) is 3.14. The Morgan fingerprint density at radius 3 is 2.39 bits per heavy atom. The van der Waals surface area contributed by atoms with E-state index in [0.29, 0.717) is 23.6 Å². The Labute approximate surface area is 208 Å². The van der Waals surface area contributed by atoms with Gasteiger partial charge in [0.05, 0.1) is 23.1 Å². The van der Waals surface area contributed by atoms with E-state index in [2.05, 4.69) is 0 Å². The first-order valence-electron chi connectivity index (χ1n) is 11.3. The van der Waals surface area contributed by atoms with Crippen LogP contribution in [0.5, 0.6) is 5.75 Å². The van der Waals surface area contributed by atoms with Gasteiger partial charge in [0.1, 0.15) is 11.5 Å². The Hall–Kier alpha value is -4.66. The number of anilines is 2. The molecule has 1 aliphatic rings. The van der Waals surface area contributed by atoms with Crippen LogP contribution in [0.2, 0.25) is 0 Å². The van der Waals surface area contributed by atoms with Gasteiger partial charge in [0.2, 0.25) is 0 Å². The van der Waals surface area contributed by atoms with E-state index in [0.717, 1.165) is 5.69 Å². The summed E-state index contributed by atoms with van der Waals surface area (Å²) in [5.74, 6) is -1.65. The highest BCUT2D eigenvalue weighted by Crippen LogP contribution is 2.43. The maximum atomic E-state index is 13.3. The highest BCUT2D eigenvalue weighted by molar-refractivity contribution is 6.51. The normalized spacial score (nSPS) is 16.8. The summed E-state index contributed by atoms with van der Waals surface area (Å²) in [7, 11) is 3.78. The second-order valence-corrected chi connectivity index (χ2v) is 8.39. The molecule has 0 saturated carbocycles. The fourth-order valence-electron chi connectivity index (χ4n) is 4.19. The van der Waals surface area contributed by atoms with Crippen LogP contribution in [0.1, 0.15) is 24.1 Å². The Morgan fingerprint density at radius 1 is 1.06 bits per heavy atom. The van der Waals surface area contributed by atoms with Crippen LogP contribution in [0.3, 0.4) is 0 Å². The summed E-state index contributed by atoms with van der Waals surface area (Å²) in [5.41, 5.74) is 1.57. The molecule has 0 aliphatic carbocycles. The summed E-state index contributed by atoms with van der Waals surface area (Å²) in [6.45, 7) is 2.26. The number of ether oxygens (including phenoxy) is 1. The molecule has 3 aromatic rings. The Balaban J connectivity index is 1.92. The zero-order valence-corrected chi connectivity index (χ0v) is 20.0. The van der Waals surface area contributed by atoms with Crippen LogP contribution in [0.15, 0.2) is 78.4 Å². The topological polar surface area (TPSA) is 113 Å². The third-order valence-electron chi connectivity index (χ3n) is 5.90. The number of carbonyl (C=O) groups is 2. The molecule has 1 aliphatic heterocycles. The predicted molar refractivity (Wildman–Crippen MR) is 136 cm³/mol. The summed E-state index contributed by atoms with van der Waals surface area (Å²) in [6, 6.07) is 18.4. The third-order valence-corrected chi connectivity index (χ3v) is 5.90. The largest absolute Gasteiger partial charge is 0.507 e. The molecule has 1 unspecified atom stereocenters. The standard InChI is InChI=1S/C27H25N3O6/c1-4-36-22-10-6-7-17(16-22)24-23(25(31)18-8-5-9-21(15-18)30(34)35)26(32)27(33)29(24)20-13-11-19(12-14-20)28(2)3/h5-16,24,31H,4H2,1-3H3/b25-23-. The molecule has 184 valence electrons. The van der Waals surface area contributed by atoms with E-state index in [9.17, 15) is 24.8 Å². The number of carbonyl (C=O) groups excluding carboxylic acids is 2. The molecule has 9 heteroatoms. The van der Waals surface area contributed by atoms with Gasteiger partial charge in [-0.2, -0.15) is 0 Å². The molecule has 36 heavy (non-hydrogen) atoms. The number of benzene rings is 3. The SMILES string of the molecule is CCOc1cccc(C2/C(=C(/O)c3cccc([N+](=O)[O-])c3)C(=O)C(=O)N2c2ccc(N(C)C)cc2)c1. The number of hydrogen-bond acceptors (Lipinski definition) is 7. The number of nitrogens with zero attached hydrogens (tertiary/aromatic N) is 3. The van der Waals surface area contributed by atoms with E-state index < -0.39 is 28.4 Å². The number of rotatable bonds is 7. The van der Waals surface area contributed by atoms with Crippen molar-refractivity contribution in [1.82, 2.24) is 0 Å². The van der Waals surface area contributed by atoms with Crippen molar-refractivity contribution >= 4 is 34.5 Å². The van der Waals surface area contributed by atoms with Gasteiger partial charge < -0.3 is 14.7 Å². The highest BCUT2D eigenvalue weighted by Gasteiger charge is 2.47. The van der Waals surface area contributed by atoms with Crippen LogP contribution < -0.4 is 14.5 Å². The molecule has 1 fully saturated rings. The van der Waals surface area contributed by atoms with Gasteiger partial charge in [0.25, 0.3) is 17.4 Å². The molecule has 0 aromatic heterocycles. The number of non-ortho nitro benzene ring substituents is 1. The van der Waals surface area contributed by atoms with Crippen LogP contribution in [0, 0.1) is 10.1 Å². The number of Topliss-reactive ketones (excluding diaryl/α,β-unsaturated/α-hetero) is 1. The molecule has 0 spiro atoms. The van der Waals surface area contributed by atoms with E-state index in [1.165, 1.54) is 29.2 Å². The second-order valence-electron chi connectivity index (χ2n) is 8.39. The lowest BCUT2D eigenvalue weighted by Crippen LogP contribution is -2.29. The second kappa shape index (κ2) is 9.91. The molecule has 1 heterocycles. The molecular weight excluding hydrogens is 462 g/mol. The third kappa shape index (κ3) is 4.50. The summed E-state index contributed by atoms with van der Waals surface area (Å²) in [4.78, 5) is 40.5. The number of ketones is 1. The summed E-state index contributed by atoms with van der Waals surface area (Å²) >= 11 is 0. The number of aliphatic hydroxyl groups excluding tert-OH is 1. The quantitative estimate of drug-likeness (QED) is 0.169. The zero-order chi connectivity index (χ0) is 26.0. The maximum absolute atomic E-state index is 13.3. The van der Waals surface area contributed by atoms with E-state index >= 15 is 0 Å². The lowest BCUT2D eigenvalue weighted by molar-refractivity contribution is -0.384. The van der Waals surface area contributed by atoms with Crippen molar-refractivity contribution in [3.63, 3.8) is 0 Å². The van der Waals surface area contributed by atoms with E-state index in [-0.39, 0.29) is 16.8 Å². The monoisotopic (exact) mass is 487 g/mol. The Morgan fingerprint density at radius 2 is 1.75 bits per heavy atom. The first-order chi connectivity index (χ1) is 17.2. The van der Waals surface area contributed by atoms with Crippen LogP contribution in [-0.2, 0) is 9.59 Å². The van der Waals surface area contributed by atoms with E-state index in [1.54, 1.807) is 36.4 Å². The highest BCUT2D eigenvalue weighted by atomic mass is 16.6. The van der Waals surface area contributed by atoms with Crippen molar-refractivity contribution in [3.8, 4) is 5.75 Å². The van der Waals surface area contributed by atoms with Gasteiger partial charge in [-0.15, -0.1) is 0 Å². The fraction of sp³-hybridized carbons (Fsp3) is 0.185. The number of hydrogen-bond donors (Lipinski definition) is 1. The summed E-state index contributed by atoms with van der Waals surface area (Å²) in [6.07, 6.45) is 0. The number of aliphatic hydroxyl groups is 1. The van der Waals surface area contributed by atoms with Gasteiger partial charge in [-0.3, -0.25) is 24.6 Å². The molecule has 0 bridgehead atoms. The summed E-state index contributed by atoms with van der Waals surface area (Å²) < 4.78 is 5.62. The molecule has 4 rings (SSSR count). The van der Waals surface area contributed by atoms with Gasteiger partial charge in [0, 0.05) is 43.2 Å². The molecule has 1 N–H and O–H groups in total. The molecule has 0 radical (unpaired) electrons. The van der Waals surface area contributed by atoms with E-state index in [1.807, 2.05) is 38.1 Å². The first kappa shape index (κ1) is 24.5. The van der Waals surface area contributed by atoms with Gasteiger partial charge in [-0.1, -0.05) is 24.3 Å². The molecular formula is C27H25N3O6. The van der Waals surface area contributed by atoms with Gasteiger partial charge >= 0.3 is 0 Å². The van der Waals surface area contributed by atoms with Crippen molar-refractivity contribution in [1.29, 1.82) is 0 Å². The minimum absolute atomic E-state index is 0.0659. The van der Waals surface area contributed by atoms with Crippen LogP contribution in [-0.4, -0.2) is 42.4 Å². The van der Waals surface area contributed by atoms with Crippen molar-refractivity contribution in [2.45, 2.75) is 13.0 Å². The van der Waals surface area contributed by atoms with Crippen LogP contribution in [0.4, 0.5) is 17.1 Å². The minimum atomic E-state index is -0.977. The zero-order valence-electron chi connectivity index (χ0n) is 20.0. The predicted octanol–water partition coefficient (Wildman–Crippen LogP) is 4.69. The lowest BCUT2D eigenvalue weighted by atomic mass is 9.95. The van der Waals surface area contributed by atoms with Crippen molar-refractivity contribution in [2.24, 2.45) is 0 Å². The molecule has 9 nitrogen and oxygen atoms in total. The molecule has 3 aromatic carbocycles. The van der Waals surface area contributed by atoms with Crippen LogP contribution in [0.25, 0.3) is 5.76 Å². The van der Waals surface area contributed by atoms with Gasteiger partial charge in [0.15, 0.2) is 0 Å². The van der Waals surface area contributed by atoms with Crippen molar-refractivity contribution in [3.05, 3.63) is 99.6 Å². The number of nitro benzene ring substituents is 1. The van der Waals surface area contributed by atoms with Crippen molar-refractivity contribution < 1.29 is 24.4 Å². The Kier molecular flexibility index (Phi) is 6.73.